The Labute approximate surface area is 118 Å². The van der Waals surface area contributed by atoms with E-state index in [0.29, 0.717) is 0 Å². The molecule has 0 atom stereocenters. The number of carbonyl (C=O) groups excluding carboxylic acids is 1. The summed E-state index contributed by atoms with van der Waals surface area (Å²) in [5, 5.41) is 0. The Kier molecular flexibility index (Phi) is 3.38. The third-order valence-corrected chi connectivity index (χ3v) is 3.64. The summed E-state index contributed by atoms with van der Waals surface area (Å²) in [4.78, 5) is 10.7. The molecule has 1 aliphatic carbocycles. The van der Waals surface area contributed by atoms with Gasteiger partial charge in [-0.2, -0.15) is 0 Å². The molecule has 2 aromatic rings. The molecule has 0 spiro atoms. The molecule has 2 N–H and O–H groups in total. The van der Waals surface area contributed by atoms with E-state index < -0.39 is 5.91 Å². The zero-order chi connectivity index (χ0) is 13.9. The van der Waals surface area contributed by atoms with Gasteiger partial charge in [-0.1, -0.05) is 48.5 Å². The van der Waals surface area contributed by atoms with Crippen molar-refractivity contribution >= 4 is 12.0 Å². The lowest BCUT2D eigenvalue weighted by atomic mass is 10.0. The molecule has 100 valence electrons. The van der Waals surface area contributed by atoms with Crippen LogP contribution >= 0.6 is 0 Å². The first-order chi connectivity index (χ1) is 9.72. The highest BCUT2D eigenvalue weighted by Crippen LogP contribution is 2.40. The second-order valence-electron chi connectivity index (χ2n) is 5.25. The van der Waals surface area contributed by atoms with Crippen LogP contribution in [0.5, 0.6) is 0 Å². The molecule has 2 aromatic carbocycles. The number of benzene rings is 2. The summed E-state index contributed by atoms with van der Waals surface area (Å²) in [6, 6.07) is 16.9. The van der Waals surface area contributed by atoms with E-state index in [1.165, 1.54) is 35.6 Å². The summed E-state index contributed by atoms with van der Waals surface area (Å²) in [7, 11) is 0. The van der Waals surface area contributed by atoms with Gasteiger partial charge >= 0.3 is 0 Å². The molecule has 0 aromatic heterocycles. The molecule has 3 rings (SSSR count). The van der Waals surface area contributed by atoms with Gasteiger partial charge in [-0.15, -0.1) is 0 Å². The first-order valence-electron chi connectivity index (χ1n) is 6.90. The minimum absolute atomic E-state index is 0.426. The third-order valence-electron chi connectivity index (χ3n) is 3.64. The summed E-state index contributed by atoms with van der Waals surface area (Å²) >= 11 is 0. The molecule has 2 nitrogen and oxygen atoms in total. The van der Waals surface area contributed by atoms with Crippen molar-refractivity contribution in [2.45, 2.75) is 18.8 Å². The van der Waals surface area contributed by atoms with Crippen molar-refractivity contribution in [3.05, 3.63) is 65.7 Å². The summed E-state index contributed by atoms with van der Waals surface area (Å²) in [5.74, 6) is 0.370. The zero-order valence-electron chi connectivity index (χ0n) is 11.3. The van der Waals surface area contributed by atoms with Gasteiger partial charge in [0.05, 0.1) is 0 Å². The maximum Gasteiger partial charge on any atom is 0.241 e. The number of hydrogen-bond acceptors (Lipinski definition) is 1. The topological polar surface area (TPSA) is 43.1 Å². The van der Waals surface area contributed by atoms with Crippen LogP contribution in [-0.2, 0) is 4.79 Å². The second-order valence-corrected chi connectivity index (χ2v) is 5.25. The molecule has 1 amide bonds. The number of primary amides is 1. The van der Waals surface area contributed by atoms with E-state index in [-0.39, 0.29) is 0 Å². The summed E-state index contributed by atoms with van der Waals surface area (Å²) < 4.78 is 0. The summed E-state index contributed by atoms with van der Waals surface area (Å²) in [6.07, 6.45) is 5.77. The van der Waals surface area contributed by atoms with Gasteiger partial charge in [0, 0.05) is 6.08 Å². The van der Waals surface area contributed by atoms with Gasteiger partial charge in [0.2, 0.25) is 5.91 Å². The molecule has 20 heavy (non-hydrogen) atoms. The Morgan fingerprint density at radius 3 is 2.00 bits per heavy atom. The van der Waals surface area contributed by atoms with Gasteiger partial charge in [0.15, 0.2) is 0 Å². The van der Waals surface area contributed by atoms with Crippen LogP contribution in [0.4, 0.5) is 0 Å². The van der Waals surface area contributed by atoms with Crippen LogP contribution in [0.2, 0.25) is 0 Å². The fourth-order valence-electron chi connectivity index (χ4n) is 2.33. The second kappa shape index (κ2) is 5.33. The van der Waals surface area contributed by atoms with Crippen LogP contribution in [0.15, 0.2) is 54.6 Å². The third kappa shape index (κ3) is 2.97. The highest BCUT2D eigenvalue weighted by Gasteiger charge is 2.22. The van der Waals surface area contributed by atoms with Crippen molar-refractivity contribution < 1.29 is 4.79 Å². The maximum absolute atomic E-state index is 10.7. The summed E-state index contributed by atoms with van der Waals surface area (Å²) in [5.41, 5.74) is 9.91. The van der Waals surface area contributed by atoms with Crippen molar-refractivity contribution in [1.82, 2.24) is 0 Å². The zero-order valence-corrected chi connectivity index (χ0v) is 11.3. The van der Waals surface area contributed by atoms with Crippen molar-refractivity contribution in [2.75, 3.05) is 0 Å². The lowest BCUT2D eigenvalue weighted by Crippen LogP contribution is -2.04. The molecular weight excluding hydrogens is 246 g/mol. The van der Waals surface area contributed by atoms with E-state index in [2.05, 4.69) is 36.4 Å². The molecule has 0 heterocycles. The van der Waals surface area contributed by atoms with E-state index in [1.807, 2.05) is 12.1 Å². The van der Waals surface area contributed by atoms with Crippen LogP contribution in [0, 0.1) is 0 Å². The monoisotopic (exact) mass is 263 g/mol. The molecule has 0 aliphatic heterocycles. The molecule has 1 saturated carbocycles. The Bertz CT molecular complexity index is 634. The van der Waals surface area contributed by atoms with Crippen molar-refractivity contribution in [2.24, 2.45) is 5.73 Å². The lowest BCUT2D eigenvalue weighted by molar-refractivity contribution is -0.113. The number of carbonyl (C=O) groups is 1. The first kappa shape index (κ1) is 12.7. The largest absolute Gasteiger partial charge is 0.366 e. The molecule has 0 radical (unpaired) electrons. The predicted octanol–water partition coefficient (Wildman–Crippen LogP) is 3.73. The normalized spacial score (nSPS) is 14.6. The van der Waals surface area contributed by atoms with Crippen LogP contribution in [0.3, 0.4) is 0 Å². The Morgan fingerprint density at radius 2 is 1.50 bits per heavy atom. The van der Waals surface area contributed by atoms with Gasteiger partial charge in [-0.05, 0) is 47.1 Å². The standard InChI is InChI=1S/C18H17NO/c19-18(20)12-3-13-1-4-14(5-2-13)15-6-8-16(9-7-15)17-10-11-17/h1-9,12,17H,10-11H2,(H2,19,20). The molecule has 1 aliphatic rings. The predicted molar refractivity (Wildman–Crippen MR) is 82.1 cm³/mol. The van der Waals surface area contributed by atoms with Gasteiger partial charge in [0.1, 0.15) is 0 Å². The number of rotatable bonds is 4. The highest BCUT2D eigenvalue weighted by molar-refractivity contribution is 5.90. The number of hydrogen-bond donors (Lipinski definition) is 1. The maximum atomic E-state index is 10.7. The smallest absolute Gasteiger partial charge is 0.241 e. The van der Waals surface area contributed by atoms with Crippen molar-refractivity contribution in [1.29, 1.82) is 0 Å². The molecule has 0 saturated heterocycles. The van der Waals surface area contributed by atoms with E-state index >= 15 is 0 Å². The number of nitrogens with two attached hydrogens (primary N) is 1. The van der Waals surface area contributed by atoms with Crippen LogP contribution < -0.4 is 5.73 Å². The first-order valence-corrected chi connectivity index (χ1v) is 6.90. The van der Waals surface area contributed by atoms with Crippen molar-refractivity contribution in [3.63, 3.8) is 0 Å². The average Bonchev–Trinajstić information content (AvgIpc) is 3.31. The average molecular weight is 263 g/mol. The molecule has 0 bridgehead atoms. The van der Waals surface area contributed by atoms with Gasteiger partial charge in [-0.25, -0.2) is 0 Å². The van der Waals surface area contributed by atoms with Crippen molar-refractivity contribution in [3.8, 4) is 11.1 Å². The minimum Gasteiger partial charge on any atom is -0.366 e. The van der Waals surface area contributed by atoms with Crippen LogP contribution in [0.1, 0.15) is 29.9 Å². The van der Waals surface area contributed by atoms with E-state index in [4.69, 9.17) is 5.73 Å². The Balaban J connectivity index is 1.77. The lowest BCUT2D eigenvalue weighted by Gasteiger charge is -2.04. The quantitative estimate of drug-likeness (QED) is 0.839. The Morgan fingerprint density at radius 1 is 0.950 bits per heavy atom. The van der Waals surface area contributed by atoms with Crippen LogP contribution in [0.25, 0.3) is 17.2 Å². The van der Waals surface area contributed by atoms with E-state index in [0.717, 1.165) is 11.5 Å². The highest BCUT2D eigenvalue weighted by atomic mass is 16.1. The fourth-order valence-corrected chi connectivity index (χ4v) is 2.33. The van der Waals surface area contributed by atoms with E-state index in [1.54, 1.807) is 6.08 Å². The fraction of sp³-hybridized carbons (Fsp3) is 0.167. The summed E-state index contributed by atoms with van der Waals surface area (Å²) in [6.45, 7) is 0. The Hall–Kier alpha value is -2.35. The van der Waals surface area contributed by atoms with E-state index in [9.17, 15) is 4.79 Å². The SMILES string of the molecule is NC(=O)C=Cc1ccc(-c2ccc(C3CC3)cc2)cc1. The minimum atomic E-state index is -0.426. The van der Waals surface area contributed by atoms with Gasteiger partial charge in [-0.3, -0.25) is 4.79 Å². The van der Waals surface area contributed by atoms with Gasteiger partial charge < -0.3 is 5.73 Å². The van der Waals surface area contributed by atoms with Gasteiger partial charge in [0.25, 0.3) is 0 Å². The molecule has 1 fully saturated rings. The number of amides is 1. The molecule has 2 heteroatoms. The molecular formula is C18H17NO. The molecule has 0 unspecified atom stereocenters. The van der Waals surface area contributed by atoms with Crippen LogP contribution in [-0.4, -0.2) is 5.91 Å².